The maximum atomic E-state index is 12.5. The van der Waals surface area contributed by atoms with E-state index in [1.807, 2.05) is 6.08 Å². The fourth-order valence-electron chi connectivity index (χ4n) is 6.25. The van der Waals surface area contributed by atoms with Gasteiger partial charge in [-0.2, -0.15) is 0 Å². The molecule has 0 rings (SSSR count). The smallest absolute Gasteiger partial charge is 0.462 e. The van der Waals surface area contributed by atoms with Crippen LogP contribution in [0, 0.1) is 0 Å². The Labute approximate surface area is 336 Å². The first-order chi connectivity index (χ1) is 26.7. The van der Waals surface area contributed by atoms with E-state index < -0.39 is 51.8 Å². The molecule has 0 amide bonds. The monoisotopic (exact) mass is 803 g/mol. The van der Waals surface area contributed by atoms with Crippen molar-refractivity contribution in [2.45, 2.75) is 219 Å². The van der Waals surface area contributed by atoms with Crippen LogP contribution in [-0.2, 0) is 32.7 Å². The molecule has 0 heterocycles. The number of allylic oxidation sites excluding steroid dienone is 3. The van der Waals surface area contributed by atoms with Gasteiger partial charge in [-0.25, -0.2) is 9.36 Å². The minimum atomic E-state index is -4.64. The summed E-state index contributed by atoms with van der Waals surface area (Å²) in [5.41, 5.74) is 0. The van der Waals surface area contributed by atoms with E-state index in [0.717, 1.165) is 32.1 Å². The lowest BCUT2D eigenvalue weighted by molar-refractivity contribution is -0.157. The van der Waals surface area contributed by atoms with Crippen molar-refractivity contribution in [2.24, 2.45) is 0 Å². The molecule has 0 aliphatic heterocycles. The third-order valence-corrected chi connectivity index (χ3v) is 10.7. The number of carbonyl (C=O) groups is 2. The predicted octanol–water partition coefficient (Wildman–Crippen LogP) is 11.8. The predicted molar refractivity (Wildman–Crippen MR) is 224 cm³/mol. The second-order valence-electron chi connectivity index (χ2n) is 15.2. The number of hydrogen-bond donors (Lipinski definition) is 3. The molecule has 0 spiro atoms. The van der Waals surface area contributed by atoms with E-state index in [0.29, 0.717) is 6.42 Å². The van der Waals surface area contributed by atoms with Gasteiger partial charge >= 0.3 is 19.8 Å². The average molecular weight is 803 g/mol. The van der Waals surface area contributed by atoms with Crippen LogP contribution in [0.25, 0.3) is 0 Å². The molecular weight excluding hydrogens is 719 g/mol. The van der Waals surface area contributed by atoms with Crippen molar-refractivity contribution in [1.82, 2.24) is 0 Å². The second kappa shape index (κ2) is 40.6. The molecular formula is C44H83O10P. The van der Waals surface area contributed by atoms with Gasteiger partial charge in [0.1, 0.15) is 12.7 Å². The molecule has 11 heteroatoms. The Balaban J connectivity index is 4.33. The molecule has 0 aromatic rings. The van der Waals surface area contributed by atoms with E-state index in [4.69, 9.17) is 19.1 Å². The van der Waals surface area contributed by atoms with Gasteiger partial charge in [0.25, 0.3) is 0 Å². The Morgan fingerprint density at radius 2 is 1.00 bits per heavy atom. The molecule has 0 bridgehead atoms. The van der Waals surface area contributed by atoms with E-state index in [-0.39, 0.29) is 13.0 Å². The van der Waals surface area contributed by atoms with Crippen molar-refractivity contribution in [3.8, 4) is 0 Å². The summed E-state index contributed by atoms with van der Waals surface area (Å²) < 4.78 is 32.5. The van der Waals surface area contributed by atoms with E-state index in [1.165, 1.54) is 154 Å². The van der Waals surface area contributed by atoms with Gasteiger partial charge in [-0.15, -0.1) is 0 Å². The summed E-state index contributed by atoms with van der Waals surface area (Å²) in [7, 11) is -4.64. The lowest BCUT2D eigenvalue weighted by atomic mass is 10.0. The number of aliphatic hydroxyl groups is 2. The molecule has 3 N–H and O–H groups in total. The number of phosphoric acid groups is 1. The van der Waals surface area contributed by atoms with Crippen LogP contribution in [-0.4, -0.2) is 65.7 Å². The van der Waals surface area contributed by atoms with Gasteiger partial charge in [0.05, 0.1) is 19.8 Å². The number of rotatable bonds is 42. The molecule has 0 aliphatic rings. The van der Waals surface area contributed by atoms with Crippen molar-refractivity contribution in [3.63, 3.8) is 0 Å². The number of hydrogen-bond acceptors (Lipinski definition) is 9. The number of carbonyl (C=O) groups excluding carboxylic acids is 2. The molecule has 1 unspecified atom stereocenters. The Morgan fingerprint density at radius 1 is 0.582 bits per heavy atom. The quantitative estimate of drug-likeness (QED) is 0.0179. The van der Waals surface area contributed by atoms with Crippen molar-refractivity contribution < 1.29 is 47.8 Å². The summed E-state index contributed by atoms with van der Waals surface area (Å²) in [6.07, 6.45) is 40.6. The molecule has 3 atom stereocenters. The summed E-state index contributed by atoms with van der Waals surface area (Å²) in [5.74, 6) is -1.17. The summed E-state index contributed by atoms with van der Waals surface area (Å²) in [5, 5.41) is 18.3. The van der Waals surface area contributed by atoms with Gasteiger partial charge < -0.3 is 24.6 Å². The third-order valence-electron chi connectivity index (χ3n) is 9.72. The lowest BCUT2D eigenvalue weighted by Crippen LogP contribution is -2.29. The summed E-state index contributed by atoms with van der Waals surface area (Å²) in [6, 6.07) is 0. The first-order valence-corrected chi connectivity index (χ1v) is 23.8. The van der Waals surface area contributed by atoms with Gasteiger partial charge in [-0.1, -0.05) is 199 Å². The third kappa shape index (κ3) is 40.4. The van der Waals surface area contributed by atoms with Gasteiger partial charge in [-0.3, -0.25) is 13.8 Å². The molecule has 0 saturated heterocycles. The average Bonchev–Trinajstić information content (AvgIpc) is 3.17. The fourth-order valence-corrected chi connectivity index (χ4v) is 7.04. The summed E-state index contributed by atoms with van der Waals surface area (Å²) >= 11 is 0. The number of aliphatic hydroxyl groups excluding tert-OH is 2. The Bertz CT molecular complexity index is 972. The zero-order valence-electron chi connectivity index (χ0n) is 35.2. The summed E-state index contributed by atoms with van der Waals surface area (Å²) in [6.45, 7) is 2.28. The van der Waals surface area contributed by atoms with Crippen molar-refractivity contribution in [1.29, 1.82) is 0 Å². The van der Waals surface area contributed by atoms with Crippen LogP contribution in [0.3, 0.4) is 0 Å². The largest absolute Gasteiger partial charge is 0.472 e. The maximum Gasteiger partial charge on any atom is 0.472 e. The van der Waals surface area contributed by atoms with Gasteiger partial charge in [0.2, 0.25) is 0 Å². The van der Waals surface area contributed by atoms with Gasteiger partial charge in [-0.05, 0) is 19.3 Å². The Morgan fingerprint density at radius 3 is 1.45 bits per heavy atom. The second-order valence-corrected chi connectivity index (χ2v) is 16.6. The SMILES string of the molecule is CCCCCCCCCCCCC/C=C/C=C/C(=O)O[C@H](COC(=O)CCCCCCCCCCCCCCCCCCC)COP(=O)(O)OC[C@@H](O)CO. The van der Waals surface area contributed by atoms with E-state index in [9.17, 15) is 24.2 Å². The summed E-state index contributed by atoms with van der Waals surface area (Å²) in [4.78, 5) is 34.9. The minimum absolute atomic E-state index is 0.227. The van der Waals surface area contributed by atoms with Crippen LogP contribution < -0.4 is 0 Å². The highest BCUT2D eigenvalue weighted by Gasteiger charge is 2.26. The van der Waals surface area contributed by atoms with Crippen LogP contribution in [0.15, 0.2) is 24.3 Å². The Hall–Kier alpha value is -1.55. The molecule has 0 aromatic carbocycles. The number of ether oxygens (including phenoxy) is 2. The van der Waals surface area contributed by atoms with Crippen molar-refractivity contribution in [3.05, 3.63) is 24.3 Å². The van der Waals surface area contributed by atoms with Crippen LogP contribution >= 0.6 is 7.82 Å². The molecule has 0 aromatic heterocycles. The topological polar surface area (TPSA) is 149 Å². The zero-order valence-corrected chi connectivity index (χ0v) is 36.0. The first kappa shape index (κ1) is 53.5. The van der Waals surface area contributed by atoms with Crippen LogP contribution in [0.4, 0.5) is 0 Å². The van der Waals surface area contributed by atoms with Crippen molar-refractivity contribution in [2.75, 3.05) is 26.4 Å². The van der Waals surface area contributed by atoms with Crippen LogP contribution in [0.5, 0.6) is 0 Å². The molecule has 55 heavy (non-hydrogen) atoms. The first-order valence-electron chi connectivity index (χ1n) is 22.3. The molecule has 0 fully saturated rings. The lowest BCUT2D eigenvalue weighted by Gasteiger charge is -2.19. The van der Waals surface area contributed by atoms with Gasteiger partial charge in [0.15, 0.2) is 6.10 Å². The highest BCUT2D eigenvalue weighted by atomic mass is 31.2. The number of phosphoric ester groups is 1. The minimum Gasteiger partial charge on any atom is -0.462 e. The van der Waals surface area contributed by atoms with Crippen LogP contribution in [0.2, 0.25) is 0 Å². The normalized spacial score (nSPS) is 14.1. The van der Waals surface area contributed by atoms with E-state index in [1.54, 1.807) is 12.2 Å². The van der Waals surface area contributed by atoms with E-state index >= 15 is 0 Å². The zero-order chi connectivity index (χ0) is 40.5. The van der Waals surface area contributed by atoms with E-state index in [2.05, 4.69) is 18.4 Å². The standard InChI is InChI=1S/C44H83O10P/c1-3-5-7-9-11-13-15-17-19-20-22-23-25-27-29-31-33-35-43(47)51-39-42(40-53-55(49,50)52-38-41(46)37-45)54-44(48)36-34-32-30-28-26-24-21-18-16-14-12-10-8-6-4-2/h30,32,34,36,41-42,45-46H,3-29,31,33,35,37-40H2,1-2H3,(H,49,50)/b32-30+,36-34+/t41-,42+/m0/s1. The van der Waals surface area contributed by atoms with Crippen molar-refractivity contribution >= 4 is 19.8 Å². The molecule has 0 saturated carbocycles. The molecule has 10 nitrogen and oxygen atoms in total. The molecule has 0 aliphatic carbocycles. The van der Waals surface area contributed by atoms with Gasteiger partial charge in [0, 0.05) is 12.5 Å². The highest BCUT2D eigenvalue weighted by molar-refractivity contribution is 7.47. The fraction of sp³-hybridized carbons (Fsp3) is 0.864. The number of esters is 2. The highest BCUT2D eigenvalue weighted by Crippen LogP contribution is 2.43. The number of unbranched alkanes of at least 4 members (excludes halogenated alkanes) is 27. The molecule has 0 radical (unpaired) electrons. The Kier molecular flexibility index (Phi) is 39.5. The molecule has 324 valence electrons. The maximum absolute atomic E-state index is 12.5. The van der Waals surface area contributed by atoms with Crippen LogP contribution in [0.1, 0.15) is 206 Å².